The van der Waals surface area contributed by atoms with Crippen LogP contribution in [-0.2, 0) is 4.79 Å². The average molecular weight is 253 g/mol. The fraction of sp³-hybridized carbons (Fsp3) is 0.938. The van der Waals surface area contributed by atoms with Crippen LogP contribution < -0.4 is 0 Å². The van der Waals surface area contributed by atoms with Gasteiger partial charge in [-0.25, -0.2) is 0 Å². The predicted molar refractivity (Wildman–Crippen MR) is 77.6 cm³/mol. The highest BCUT2D eigenvalue weighted by Crippen LogP contribution is 2.14. The van der Waals surface area contributed by atoms with E-state index >= 15 is 0 Å². The molecule has 1 amide bonds. The lowest BCUT2D eigenvalue weighted by atomic mass is 10.0. The van der Waals surface area contributed by atoms with Gasteiger partial charge < -0.3 is 4.90 Å². The van der Waals surface area contributed by atoms with Gasteiger partial charge in [-0.05, 0) is 18.8 Å². The topological polar surface area (TPSA) is 20.3 Å². The summed E-state index contributed by atoms with van der Waals surface area (Å²) in [4.78, 5) is 13.4. The molecular formula is C16H31NO. The van der Waals surface area contributed by atoms with Crippen molar-refractivity contribution in [1.29, 1.82) is 0 Å². The van der Waals surface area contributed by atoms with E-state index in [1.165, 1.54) is 51.4 Å². The molecule has 2 heteroatoms. The minimum Gasteiger partial charge on any atom is -0.343 e. The Morgan fingerprint density at radius 1 is 1.00 bits per heavy atom. The Kier molecular flexibility index (Phi) is 8.11. The smallest absolute Gasteiger partial charge is 0.222 e. The number of rotatable bonds is 10. The molecule has 1 aliphatic heterocycles. The molecule has 1 rings (SSSR count). The largest absolute Gasteiger partial charge is 0.343 e. The van der Waals surface area contributed by atoms with E-state index in [9.17, 15) is 4.79 Å². The van der Waals surface area contributed by atoms with Gasteiger partial charge in [-0.2, -0.15) is 0 Å². The lowest BCUT2D eigenvalue weighted by molar-refractivity contribution is -0.127. The number of hydrogen-bond acceptors (Lipinski definition) is 1. The maximum Gasteiger partial charge on any atom is 0.222 e. The molecule has 1 aliphatic rings. The van der Waals surface area contributed by atoms with Gasteiger partial charge in [0.05, 0.1) is 0 Å². The maximum absolute atomic E-state index is 11.4. The number of hydrogen-bond donors (Lipinski definition) is 0. The van der Waals surface area contributed by atoms with E-state index in [0.717, 1.165) is 31.8 Å². The normalized spacial score (nSPS) is 15.9. The monoisotopic (exact) mass is 253 g/mol. The molecule has 0 spiro atoms. The highest BCUT2D eigenvalue weighted by Gasteiger charge is 2.18. The van der Waals surface area contributed by atoms with Crippen molar-refractivity contribution in [2.75, 3.05) is 13.1 Å². The van der Waals surface area contributed by atoms with Gasteiger partial charge in [0.25, 0.3) is 0 Å². The van der Waals surface area contributed by atoms with Crippen LogP contribution in [0.2, 0.25) is 0 Å². The number of carbonyl (C=O) groups excluding carboxylic acids is 1. The second-order valence-corrected chi connectivity index (χ2v) is 6.14. The maximum atomic E-state index is 11.4. The van der Waals surface area contributed by atoms with Crippen LogP contribution in [0.1, 0.15) is 78.1 Å². The summed E-state index contributed by atoms with van der Waals surface area (Å²) in [7, 11) is 0. The quantitative estimate of drug-likeness (QED) is 0.529. The van der Waals surface area contributed by atoms with Crippen LogP contribution in [0.4, 0.5) is 0 Å². The Bertz CT molecular complexity index is 225. The number of unbranched alkanes of at least 4 members (excludes halogenated alkanes) is 6. The number of likely N-dealkylation sites (tertiary alicyclic amines) is 1. The fourth-order valence-corrected chi connectivity index (χ4v) is 2.68. The van der Waals surface area contributed by atoms with Crippen molar-refractivity contribution in [3.8, 4) is 0 Å². The molecule has 0 unspecified atom stereocenters. The molecule has 0 atom stereocenters. The lowest BCUT2D eigenvalue weighted by Crippen LogP contribution is -2.25. The highest BCUT2D eigenvalue weighted by atomic mass is 16.2. The van der Waals surface area contributed by atoms with Crippen molar-refractivity contribution in [2.45, 2.75) is 78.1 Å². The Morgan fingerprint density at radius 3 is 2.17 bits per heavy atom. The molecule has 0 N–H and O–H groups in total. The number of carbonyl (C=O) groups is 1. The van der Waals surface area contributed by atoms with Gasteiger partial charge in [0.15, 0.2) is 0 Å². The molecule has 2 nitrogen and oxygen atoms in total. The van der Waals surface area contributed by atoms with Crippen molar-refractivity contribution in [1.82, 2.24) is 4.90 Å². The van der Waals surface area contributed by atoms with Gasteiger partial charge in [0.1, 0.15) is 0 Å². The minimum atomic E-state index is 0.378. The zero-order valence-electron chi connectivity index (χ0n) is 12.4. The second kappa shape index (κ2) is 9.41. The molecule has 0 aromatic carbocycles. The summed E-state index contributed by atoms with van der Waals surface area (Å²) in [6, 6.07) is 0. The van der Waals surface area contributed by atoms with Gasteiger partial charge in [0, 0.05) is 19.5 Å². The molecule has 18 heavy (non-hydrogen) atoms. The third kappa shape index (κ3) is 7.03. The zero-order valence-corrected chi connectivity index (χ0v) is 12.4. The first-order chi connectivity index (χ1) is 8.70. The molecular weight excluding hydrogens is 222 g/mol. The Labute approximate surface area is 113 Å². The van der Waals surface area contributed by atoms with E-state index in [1.807, 2.05) is 4.90 Å². The Balaban J connectivity index is 1.80. The first-order valence-corrected chi connectivity index (χ1v) is 7.98. The van der Waals surface area contributed by atoms with Crippen LogP contribution in [0.15, 0.2) is 0 Å². The summed E-state index contributed by atoms with van der Waals surface area (Å²) in [6.45, 7) is 6.62. The van der Waals surface area contributed by atoms with Crippen LogP contribution >= 0.6 is 0 Å². The predicted octanol–water partition coefficient (Wildman–Crippen LogP) is 4.39. The third-order valence-corrected chi connectivity index (χ3v) is 3.88. The Morgan fingerprint density at radius 2 is 1.61 bits per heavy atom. The molecule has 1 saturated heterocycles. The lowest BCUT2D eigenvalue weighted by Gasteiger charge is -2.14. The standard InChI is InChI=1S/C16H31NO/c1-15(2)11-8-6-4-3-5-7-9-13-17-14-10-12-16(17)18/h15H,3-14H2,1-2H3. The van der Waals surface area contributed by atoms with E-state index in [1.54, 1.807) is 0 Å². The van der Waals surface area contributed by atoms with Crippen LogP contribution in [0.5, 0.6) is 0 Å². The Hall–Kier alpha value is -0.530. The van der Waals surface area contributed by atoms with Gasteiger partial charge in [0.2, 0.25) is 5.91 Å². The molecule has 0 aromatic heterocycles. The van der Waals surface area contributed by atoms with Gasteiger partial charge in [-0.3, -0.25) is 4.79 Å². The van der Waals surface area contributed by atoms with E-state index in [-0.39, 0.29) is 0 Å². The van der Waals surface area contributed by atoms with E-state index < -0.39 is 0 Å². The van der Waals surface area contributed by atoms with Crippen molar-refractivity contribution in [2.24, 2.45) is 5.92 Å². The van der Waals surface area contributed by atoms with Crippen molar-refractivity contribution >= 4 is 5.91 Å². The summed E-state index contributed by atoms with van der Waals surface area (Å²) in [6.07, 6.45) is 12.7. The second-order valence-electron chi connectivity index (χ2n) is 6.14. The summed E-state index contributed by atoms with van der Waals surface area (Å²) in [5.41, 5.74) is 0. The van der Waals surface area contributed by atoms with Crippen LogP contribution in [0.3, 0.4) is 0 Å². The third-order valence-electron chi connectivity index (χ3n) is 3.88. The number of nitrogens with zero attached hydrogens (tertiary/aromatic N) is 1. The molecule has 0 aliphatic carbocycles. The molecule has 1 heterocycles. The highest BCUT2D eigenvalue weighted by molar-refractivity contribution is 5.77. The molecule has 0 saturated carbocycles. The first-order valence-electron chi connectivity index (χ1n) is 7.98. The summed E-state index contributed by atoms with van der Waals surface area (Å²) < 4.78 is 0. The fourth-order valence-electron chi connectivity index (χ4n) is 2.68. The summed E-state index contributed by atoms with van der Waals surface area (Å²) in [5.74, 6) is 1.24. The van der Waals surface area contributed by atoms with E-state index in [4.69, 9.17) is 0 Å². The van der Waals surface area contributed by atoms with Crippen LogP contribution in [0.25, 0.3) is 0 Å². The van der Waals surface area contributed by atoms with Gasteiger partial charge in [-0.1, -0.05) is 58.8 Å². The zero-order chi connectivity index (χ0) is 13.2. The number of amides is 1. The van der Waals surface area contributed by atoms with Crippen molar-refractivity contribution < 1.29 is 4.79 Å². The summed E-state index contributed by atoms with van der Waals surface area (Å²) in [5, 5.41) is 0. The van der Waals surface area contributed by atoms with E-state index in [0.29, 0.717) is 5.91 Å². The van der Waals surface area contributed by atoms with Crippen LogP contribution in [0, 0.1) is 5.92 Å². The van der Waals surface area contributed by atoms with Gasteiger partial charge >= 0.3 is 0 Å². The molecule has 0 bridgehead atoms. The SMILES string of the molecule is CC(C)CCCCCCCCCN1CCCC1=O. The van der Waals surface area contributed by atoms with Crippen molar-refractivity contribution in [3.05, 3.63) is 0 Å². The molecule has 0 aromatic rings. The molecule has 0 radical (unpaired) electrons. The minimum absolute atomic E-state index is 0.378. The molecule has 106 valence electrons. The van der Waals surface area contributed by atoms with Crippen molar-refractivity contribution in [3.63, 3.8) is 0 Å². The first kappa shape index (κ1) is 15.5. The molecule has 1 fully saturated rings. The summed E-state index contributed by atoms with van der Waals surface area (Å²) >= 11 is 0. The average Bonchev–Trinajstić information content (AvgIpc) is 2.72. The van der Waals surface area contributed by atoms with E-state index in [2.05, 4.69) is 13.8 Å². The van der Waals surface area contributed by atoms with Gasteiger partial charge in [-0.15, -0.1) is 0 Å². The van der Waals surface area contributed by atoms with Crippen LogP contribution in [-0.4, -0.2) is 23.9 Å².